The summed E-state index contributed by atoms with van der Waals surface area (Å²) < 4.78 is 20.2. The van der Waals surface area contributed by atoms with E-state index in [1.165, 1.54) is 0 Å². The van der Waals surface area contributed by atoms with E-state index >= 15 is 0 Å². The van der Waals surface area contributed by atoms with Gasteiger partial charge in [0.25, 0.3) is 5.91 Å². The number of hydrogen-bond donors (Lipinski definition) is 1. The van der Waals surface area contributed by atoms with E-state index in [-0.39, 0.29) is 12.7 Å². The summed E-state index contributed by atoms with van der Waals surface area (Å²) in [6.45, 7) is 2.52. The number of methoxy groups -OCH3 is 1. The first-order valence-corrected chi connectivity index (χ1v) is 13.0. The van der Waals surface area contributed by atoms with Crippen LogP contribution in [-0.2, 0) is 17.8 Å². The van der Waals surface area contributed by atoms with Crippen molar-refractivity contribution < 1.29 is 19.0 Å². The molecule has 3 aromatic carbocycles. The first-order valence-electron chi connectivity index (χ1n) is 13.0. The summed E-state index contributed by atoms with van der Waals surface area (Å²) in [7, 11) is 1.66. The Bertz CT molecular complexity index is 1610. The van der Waals surface area contributed by atoms with Gasteiger partial charge in [0.1, 0.15) is 5.69 Å². The van der Waals surface area contributed by atoms with Crippen molar-refractivity contribution in [1.82, 2.24) is 19.4 Å². The second-order valence-electron chi connectivity index (χ2n) is 9.57. The van der Waals surface area contributed by atoms with Crippen LogP contribution < -0.4 is 14.8 Å². The summed E-state index contributed by atoms with van der Waals surface area (Å²) >= 11 is 0. The number of hydrogen-bond acceptors (Lipinski definition) is 5. The number of amides is 1. The summed E-state index contributed by atoms with van der Waals surface area (Å²) in [5.41, 5.74) is 4.76. The van der Waals surface area contributed by atoms with Crippen LogP contribution in [0.25, 0.3) is 21.9 Å². The van der Waals surface area contributed by atoms with Crippen LogP contribution in [-0.4, -0.2) is 47.1 Å². The molecule has 0 atom stereocenters. The molecule has 0 spiro atoms. The van der Waals surface area contributed by atoms with Crippen molar-refractivity contribution in [1.29, 1.82) is 0 Å². The van der Waals surface area contributed by atoms with E-state index in [1.807, 2.05) is 53.5 Å². The molecule has 0 aliphatic carbocycles. The Morgan fingerprint density at radius 2 is 1.87 bits per heavy atom. The average Bonchev–Trinajstić information content (AvgIpc) is 3.71. The highest BCUT2D eigenvalue weighted by atomic mass is 16.7. The number of rotatable bonds is 10. The van der Waals surface area contributed by atoms with Crippen molar-refractivity contribution in [2.45, 2.75) is 19.5 Å². The summed E-state index contributed by atoms with van der Waals surface area (Å²) in [6.07, 6.45) is 6.48. The van der Waals surface area contributed by atoms with E-state index in [4.69, 9.17) is 14.2 Å². The molecular weight excluding hydrogens is 492 g/mol. The van der Waals surface area contributed by atoms with Crippen LogP contribution in [0.5, 0.6) is 11.5 Å². The van der Waals surface area contributed by atoms with Gasteiger partial charge >= 0.3 is 0 Å². The van der Waals surface area contributed by atoms with Crippen LogP contribution in [0.4, 0.5) is 0 Å². The van der Waals surface area contributed by atoms with Crippen LogP contribution in [0.15, 0.2) is 85.5 Å². The van der Waals surface area contributed by atoms with Crippen molar-refractivity contribution in [2.75, 3.05) is 27.1 Å². The molecule has 39 heavy (non-hydrogen) atoms. The van der Waals surface area contributed by atoms with Gasteiger partial charge in [0.15, 0.2) is 11.5 Å². The van der Waals surface area contributed by atoms with Crippen LogP contribution in [0.2, 0.25) is 0 Å². The molecule has 2 aromatic heterocycles. The minimum atomic E-state index is -0.112. The third kappa shape index (κ3) is 5.24. The number of carbonyl (C=O) groups is 1. The van der Waals surface area contributed by atoms with Crippen molar-refractivity contribution in [3.63, 3.8) is 0 Å². The third-order valence-corrected chi connectivity index (χ3v) is 6.96. The number of carbonyl (C=O) groups excluding carboxylic acids is 1. The SMILES string of the molecule is COCCCNC(=O)c1cc(-c2cccc3ccccc23)cn1Cc1cncn1Cc1ccc2c(c1)OCO2. The van der Waals surface area contributed by atoms with E-state index in [9.17, 15) is 4.79 Å². The summed E-state index contributed by atoms with van der Waals surface area (Å²) in [5, 5.41) is 5.36. The van der Waals surface area contributed by atoms with Gasteiger partial charge in [-0.2, -0.15) is 0 Å². The average molecular weight is 523 g/mol. The number of benzene rings is 3. The van der Waals surface area contributed by atoms with Crippen LogP contribution in [0, 0.1) is 0 Å². The maximum atomic E-state index is 13.3. The van der Waals surface area contributed by atoms with Gasteiger partial charge < -0.3 is 28.7 Å². The summed E-state index contributed by atoms with van der Waals surface area (Å²) in [6, 6.07) is 22.5. The summed E-state index contributed by atoms with van der Waals surface area (Å²) in [5.74, 6) is 1.41. The lowest BCUT2D eigenvalue weighted by atomic mass is 10.0. The zero-order valence-electron chi connectivity index (χ0n) is 21.8. The predicted molar refractivity (Wildman–Crippen MR) is 149 cm³/mol. The van der Waals surface area contributed by atoms with Crippen molar-refractivity contribution in [2.24, 2.45) is 0 Å². The molecule has 1 aliphatic rings. The highest BCUT2D eigenvalue weighted by molar-refractivity contribution is 5.99. The van der Waals surface area contributed by atoms with Gasteiger partial charge in [-0.1, -0.05) is 48.5 Å². The minimum absolute atomic E-state index is 0.112. The topological polar surface area (TPSA) is 79.5 Å². The van der Waals surface area contributed by atoms with Crippen molar-refractivity contribution in [3.05, 3.63) is 102 Å². The molecular formula is C31H30N4O4. The molecule has 1 aliphatic heterocycles. The Balaban J connectivity index is 1.31. The zero-order chi connectivity index (χ0) is 26.6. The lowest BCUT2D eigenvalue weighted by molar-refractivity contribution is 0.0939. The van der Waals surface area contributed by atoms with Crippen molar-refractivity contribution in [3.8, 4) is 22.6 Å². The molecule has 1 amide bonds. The standard InChI is InChI=1S/C31H30N4O4/c1-37-13-5-12-33-31(36)28-15-24(27-9-4-7-23-6-2-3-8-26(23)27)18-34(28)19-25-16-32-20-35(25)17-22-10-11-29-30(14-22)39-21-38-29/h2-4,6-11,14-16,18,20H,5,12-13,17,19,21H2,1H3,(H,33,36). The van der Waals surface area contributed by atoms with Crippen LogP contribution in [0.3, 0.4) is 0 Å². The number of fused-ring (bicyclic) bond motifs is 2. The molecule has 0 saturated heterocycles. The third-order valence-electron chi connectivity index (χ3n) is 6.96. The summed E-state index contributed by atoms with van der Waals surface area (Å²) in [4.78, 5) is 17.7. The molecule has 0 saturated carbocycles. The van der Waals surface area contributed by atoms with Gasteiger partial charge in [0, 0.05) is 44.8 Å². The van der Waals surface area contributed by atoms with Gasteiger partial charge in [-0.05, 0) is 46.5 Å². The monoisotopic (exact) mass is 522 g/mol. The Morgan fingerprint density at radius 1 is 1.00 bits per heavy atom. The molecule has 1 N–H and O–H groups in total. The maximum Gasteiger partial charge on any atom is 0.267 e. The second-order valence-corrected chi connectivity index (χ2v) is 9.57. The van der Waals surface area contributed by atoms with Gasteiger partial charge in [-0.3, -0.25) is 4.79 Å². The number of nitrogens with zero attached hydrogens (tertiary/aromatic N) is 3. The maximum absolute atomic E-state index is 13.3. The van der Waals surface area contributed by atoms with E-state index in [0.717, 1.165) is 51.1 Å². The Kier molecular flexibility index (Phi) is 7.01. The van der Waals surface area contributed by atoms with E-state index in [1.54, 1.807) is 7.11 Å². The Morgan fingerprint density at radius 3 is 2.79 bits per heavy atom. The lowest BCUT2D eigenvalue weighted by Gasteiger charge is -2.12. The van der Waals surface area contributed by atoms with Gasteiger partial charge in [0.2, 0.25) is 6.79 Å². The fourth-order valence-electron chi connectivity index (χ4n) is 5.00. The number of ether oxygens (including phenoxy) is 3. The van der Waals surface area contributed by atoms with Gasteiger partial charge in [0.05, 0.1) is 18.6 Å². The highest BCUT2D eigenvalue weighted by Gasteiger charge is 2.18. The number of aromatic nitrogens is 3. The van der Waals surface area contributed by atoms with Crippen LogP contribution in [0.1, 0.15) is 28.2 Å². The predicted octanol–water partition coefficient (Wildman–Crippen LogP) is 5.10. The first kappa shape index (κ1) is 24.8. The lowest BCUT2D eigenvalue weighted by Crippen LogP contribution is -2.27. The first-order chi connectivity index (χ1) is 19.2. The molecule has 0 radical (unpaired) electrons. The molecule has 6 rings (SSSR count). The normalized spacial score (nSPS) is 12.2. The van der Waals surface area contributed by atoms with Gasteiger partial charge in [-0.15, -0.1) is 0 Å². The quantitative estimate of drug-likeness (QED) is 0.258. The van der Waals surface area contributed by atoms with E-state index in [0.29, 0.717) is 31.9 Å². The second kappa shape index (κ2) is 11.0. The Labute approximate surface area is 226 Å². The minimum Gasteiger partial charge on any atom is -0.454 e. The zero-order valence-corrected chi connectivity index (χ0v) is 21.8. The molecule has 0 bridgehead atoms. The molecule has 8 nitrogen and oxygen atoms in total. The number of nitrogens with one attached hydrogen (secondary N) is 1. The molecule has 8 heteroatoms. The molecule has 0 fully saturated rings. The fraction of sp³-hybridized carbons (Fsp3) is 0.226. The fourth-order valence-corrected chi connectivity index (χ4v) is 5.00. The molecule has 198 valence electrons. The van der Waals surface area contributed by atoms with Crippen molar-refractivity contribution >= 4 is 16.7 Å². The van der Waals surface area contributed by atoms with E-state index in [2.05, 4.69) is 51.4 Å². The van der Waals surface area contributed by atoms with Gasteiger partial charge in [-0.25, -0.2) is 4.98 Å². The Hall–Kier alpha value is -4.56. The molecule has 0 unspecified atom stereocenters. The highest BCUT2D eigenvalue weighted by Crippen LogP contribution is 2.33. The smallest absolute Gasteiger partial charge is 0.267 e. The number of imidazole rings is 1. The largest absolute Gasteiger partial charge is 0.454 e. The van der Waals surface area contributed by atoms with E-state index < -0.39 is 0 Å². The molecule has 3 heterocycles. The van der Waals surface area contributed by atoms with Crippen LogP contribution >= 0.6 is 0 Å². The molecule has 5 aromatic rings.